The second kappa shape index (κ2) is 6.67. The van der Waals surface area contributed by atoms with Crippen LogP contribution in [0.4, 0.5) is 0 Å². The Morgan fingerprint density at radius 2 is 2.19 bits per heavy atom. The van der Waals surface area contributed by atoms with Crippen molar-refractivity contribution in [3.8, 4) is 0 Å². The molecule has 0 aliphatic heterocycles. The van der Waals surface area contributed by atoms with Gasteiger partial charge in [0.05, 0.1) is 12.0 Å². The van der Waals surface area contributed by atoms with Crippen molar-refractivity contribution < 1.29 is 12.8 Å². The third kappa shape index (κ3) is 5.29. The summed E-state index contributed by atoms with van der Waals surface area (Å²) >= 11 is 0. The predicted octanol–water partition coefficient (Wildman–Crippen LogP) is 0.351. The van der Waals surface area contributed by atoms with Crippen molar-refractivity contribution in [3.63, 3.8) is 0 Å². The fourth-order valence-electron chi connectivity index (χ4n) is 1.30. The van der Waals surface area contributed by atoms with Gasteiger partial charge in [-0.1, -0.05) is 0 Å². The average Bonchev–Trinajstić information content (AvgIpc) is 2.70. The second-order valence-corrected chi connectivity index (χ2v) is 5.43. The van der Waals surface area contributed by atoms with Gasteiger partial charge in [-0.2, -0.15) is 0 Å². The number of rotatable bonds is 8. The highest BCUT2D eigenvalue weighted by Gasteiger charge is 2.08. The maximum Gasteiger partial charge on any atom is 0.211 e. The van der Waals surface area contributed by atoms with Crippen LogP contribution < -0.4 is 10.0 Å². The van der Waals surface area contributed by atoms with E-state index in [1.165, 1.54) is 0 Å². The molecule has 2 N–H and O–H groups in total. The summed E-state index contributed by atoms with van der Waals surface area (Å²) in [7, 11) is -1.34. The molecule has 16 heavy (non-hydrogen) atoms. The fraction of sp³-hybridized carbons (Fsp3) is 0.600. The predicted molar refractivity (Wildman–Crippen MR) is 62.7 cm³/mol. The van der Waals surface area contributed by atoms with Crippen LogP contribution in [0.5, 0.6) is 0 Å². The topological polar surface area (TPSA) is 71.3 Å². The van der Waals surface area contributed by atoms with Crippen LogP contribution in [0.15, 0.2) is 22.8 Å². The average molecular weight is 246 g/mol. The smallest absolute Gasteiger partial charge is 0.211 e. The lowest BCUT2D eigenvalue weighted by molar-refractivity contribution is 0.505. The summed E-state index contributed by atoms with van der Waals surface area (Å²) < 4.78 is 30.6. The summed E-state index contributed by atoms with van der Waals surface area (Å²) in [5.41, 5.74) is 0. The summed E-state index contributed by atoms with van der Waals surface area (Å²) in [4.78, 5) is 0. The minimum Gasteiger partial charge on any atom is -0.469 e. The number of furan rings is 1. The molecule has 0 aliphatic carbocycles. The minimum absolute atomic E-state index is 0.159. The van der Waals surface area contributed by atoms with Gasteiger partial charge in [-0.25, -0.2) is 13.1 Å². The Labute approximate surface area is 96.3 Å². The minimum atomic E-state index is -3.14. The number of hydrogen-bond acceptors (Lipinski definition) is 4. The molecule has 1 aromatic rings. The number of hydrogen-bond donors (Lipinski definition) is 2. The Morgan fingerprint density at radius 1 is 1.38 bits per heavy atom. The van der Waals surface area contributed by atoms with Gasteiger partial charge in [0.15, 0.2) is 0 Å². The van der Waals surface area contributed by atoms with Crippen molar-refractivity contribution >= 4 is 10.0 Å². The van der Waals surface area contributed by atoms with Gasteiger partial charge in [-0.15, -0.1) is 0 Å². The molecule has 1 aromatic heterocycles. The van der Waals surface area contributed by atoms with Crippen LogP contribution in [0.25, 0.3) is 0 Å². The molecule has 5 nitrogen and oxygen atoms in total. The normalized spacial score (nSPS) is 11.8. The van der Waals surface area contributed by atoms with E-state index in [1.54, 1.807) is 19.4 Å². The highest BCUT2D eigenvalue weighted by Crippen LogP contribution is 2.00. The maximum atomic E-state index is 11.5. The van der Waals surface area contributed by atoms with E-state index >= 15 is 0 Å². The number of sulfonamides is 1. The van der Waals surface area contributed by atoms with Crippen LogP contribution in [0.3, 0.4) is 0 Å². The zero-order chi connectivity index (χ0) is 11.9. The molecule has 0 aliphatic rings. The zero-order valence-corrected chi connectivity index (χ0v) is 10.2. The summed E-state index contributed by atoms with van der Waals surface area (Å²) in [6.07, 6.45) is 2.78. The first-order valence-corrected chi connectivity index (χ1v) is 6.93. The second-order valence-electron chi connectivity index (χ2n) is 3.50. The fourth-order valence-corrected chi connectivity index (χ4v) is 2.38. The van der Waals surface area contributed by atoms with Gasteiger partial charge in [0, 0.05) is 13.0 Å². The molecule has 0 spiro atoms. The summed E-state index contributed by atoms with van der Waals surface area (Å²) in [5, 5.41) is 2.91. The molecule has 0 fully saturated rings. The molecule has 1 heterocycles. The maximum absolute atomic E-state index is 11.5. The van der Waals surface area contributed by atoms with E-state index in [9.17, 15) is 8.42 Å². The molecule has 0 amide bonds. The molecule has 0 radical (unpaired) electrons. The monoisotopic (exact) mass is 246 g/mol. The van der Waals surface area contributed by atoms with Crippen molar-refractivity contribution in [1.29, 1.82) is 0 Å². The van der Waals surface area contributed by atoms with E-state index in [0.29, 0.717) is 25.9 Å². The highest BCUT2D eigenvalue weighted by atomic mass is 32.2. The van der Waals surface area contributed by atoms with Crippen LogP contribution in [0, 0.1) is 0 Å². The van der Waals surface area contributed by atoms with Gasteiger partial charge in [0.2, 0.25) is 10.0 Å². The third-order valence-corrected chi connectivity index (χ3v) is 3.58. The van der Waals surface area contributed by atoms with Crippen molar-refractivity contribution in [2.45, 2.75) is 12.8 Å². The Bertz CT molecular complexity index is 373. The highest BCUT2D eigenvalue weighted by molar-refractivity contribution is 7.89. The van der Waals surface area contributed by atoms with Crippen molar-refractivity contribution in [2.75, 3.05) is 25.9 Å². The van der Waals surface area contributed by atoms with Crippen molar-refractivity contribution in [3.05, 3.63) is 24.2 Å². The Morgan fingerprint density at radius 3 is 2.81 bits per heavy atom. The van der Waals surface area contributed by atoms with Crippen LogP contribution in [0.2, 0.25) is 0 Å². The molecule has 0 saturated heterocycles. The SMILES string of the molecule is CNCCCS(=O)(=O)NCCc1ccco1. The largest absolute Gasteiger partial charge is 0.469 e. The molecule has 0 aromatic carbocycles. The van der Waals surface area contributed by atoms with E-state index in [4.69, 9.17) is 4.42 Å². The van der Waals surface area contributed by atoms with Gasteiger partial charge in [0.1, 0.15) is 5.76 Å². The summed E-state index contributed by atoms with van der Waals surface area (Å²) in [6.45, 7) is 1.09. The van der Waals surface area contributed by atoms with Crippen molar-refractivity contribution in [2.24, 2.45) is 0 Å². The molecule has 0 bridgehead atoms. The van der Waals surface area contributed by atoms with E-state index in [-0.39, 0.29) is 5.75 Å². The van der Waals surface area contributed by atoms with Gasteiger partial charge < -0.3 is 9.73 Å². The first kappa shape index (κ1) is 13.2. The molecule has 0 saturated carbocycles. The standard InChI is InChI=1S/C10H18N2O3S/c1-11-6-3-9-16(13,14)12-7-5-10-4-2-8-15-10/h2,4,8,11-12H,3,5-7,9H2,1H3. The first-order chi connectivity index (χ1) is 7.64. The van der Waals surface area contributed by atoms with Crippen LogP contribution in [-0.4, -0.2) is 34.3 Å². The molecule has 92 valence electrons. The summed E-state index contributed by atoms with van der Waals surface area (Å²) in [6, 6.07) is 3.62. The van der Waals surface area contributed by atoms with E-state index in [1.807, 2.05) is 6.07 Å². The summed E-state index contributed by atoms with van der Waals surface area (Å²) in [5.74, 6) is 0.948. The van der Waals surface area contributed by atoms with Gasteiger partial charge >= 0.3 is 0 Å². The molecule has 6 heteroatoms. The number of nitrogens with one attached hydrogen (secondary N) is 2. The first-order valence-electron chi connectivity index (χ1n) is 5.28. The molecule has 0 unspecified atom stereocenters. The lowest BCUT2D eigenvalue weighted by atomic mass is 10.3. The lowest BCUT2D eigenvalue weighted by Gasteiger charge is -2.05. The molecular formula is C10H18N2O3S. The Hall–Kier alpha value is -0.850. The van der Waals surface area contributed by atoms with Crippen LogP contribution >= 0.6 is 0 Å². The molecule has 0 atom stereocenters. The third-order valence-electron chi connectivity index (χ3n) is 2.11. The van der Waals surface area contributed by atoms with E-state index in [2.05, 4.69) is 10.0 Å². The molecular weight excluding hydrogens is 228 g/mol. The lowest BCUT2D eigenvalue weighted by Crippen LogP contribution is -2.29. The van der Waals surface area contributed by atoms with E-state index < -0.39 is 10.0 Å². The quantitative estimate of drug-likeness (QED) is 0.649. The van der Waals surface area contributed by atoms with Crippen LogP contribution in [-0.2, 0) is 16.4 Å². The van der Waals surface area contributed by atoms with Gasteiger partial charge in [-0.05, 0) is 32.1 Å². The van der Waals surface area contributed by atoms with Crippen molar-refractivity contribution in [1.82, 2.24) is 10.0 Å². The zero-order valence-electron chi connectivity index (χ0n) is 9.40. The Kier molecular flexibility index (Phi) is 5.51. The van der Waals surface area contributed by atoms with E-state index in [0.717, 1.165) is 5.76 Å². The van der Waals surface area contributed by atoms with Gasteiger partial charge in [-0.3, -0.25) is 0 Å². The Balaban J connectivity index is 2.20. The molecule has 1 rings (SSSR count). The van der Waals surface area contributed by atoms with Gasteiger partial charge in [0.25, 0.3) is 0 Å². The van der Waals surface area contributed by atoms with Crippen LogP contribution in [0.1, 0.15) is 12.2 Å².